The highest BCUT2D eigenvalue weighted by Crippen LogP contribution is 2.26. The molecule has 8 heteroatoms. The fourth-order valence-electron chi connectivity index (χ4n) is 1.74. The van der Waals surface area contributed by atoms with Crippen molar-refractivity contribution in [3.8, 4) is 0 Å². The van der Waals surface area contributed by atoms with Crippen LogP contribution in [0.4, 0.5) is 11.4 Å². The van der Waals surface area contributed by atoms with Crippen LogP contribution < -0.4 is 10.0 Å². The number of rotatable bonds is 8. The first-order chi connectivity index (χ1) is 9.77. The van der Waals surface area contributed by atoms with Crippen LogP contribution in [0, 0.1) is 16.0 Å². The van der Waals surface area contributed by atoms with Gasteiger partial charge in [0.2, 0.25) is 10.0 Å². The summed E-state index contributed by atoms with van der Waals surface area (Å²) >= 11 is 0. The highest BCUT2D eigenvalue weighted by molar-refractivity contribution is 7.89. The third-order valence-electron chi connectivity index (χ3n) is 2.85. The minimum absolute atomic E-state index is 0.0951. The normalized spacial score (nSPS) is 11.6. The molecule has 0 aliphatic rings. The van der Waals surface area contributed by atoms with Gasteiger partial charge in [-0.3, -0.25) is 10.1 Å². The molecule has 7 nitrogen and oxygen atoms in total. The molecule has 0 spiro atoms. The first-order valence-electron chi connectivity index (χ1n) is 6.80. The molecule has 0 amide bonds. The Balaban J connectivity index is 3.11. The number of nitrogens with zero attached hydrogens (tertiary/aromatic N) is 1. The molecule has 21 heavy (non-hydrogen) atoms. The van der Waals surface area contributed by atoms with E-state index in [-0.39, 0.29) is 10.6 Å². The average Bonchev–Trinajstić information content (AvgIpc) is 2.38. The Morgan fingerprint density at radius 2 is 2.00 bits per heavy atom. The SMILES string of the molecule is CCNc1ccc([N+](=O)[O-])cc1S(=O)(=O)NCCC(C)C. The summed E-state index contributed by atoms with van der Waals surface area (Å²) in [5, 5.41) is 13.7. The van der Waals surface area contributed by atoms with Crippen LogP contribution in [0.2, 0.25) is 0 Å². The van der Waals surface area contributed by atoms with Crippen molar-refractivity contribution in [2.24, 2.45) is 5.92 Å². The summed E-state index contributed by atoms with van der Waals surface area (Å²) in [5.41, 5.74) is 0.112. The molecule has 2 N–H and O–H groups in total. The van der Waals surface area contributed by atoms with Crippen LogP contribution >= 0.6 is 0 Å². The molecule has 1 rings (SSSR count). The van der Waals surface area contributed by atoms with Crippen molar-refractivity contribution in [1.29, 1.82) is 0 Å². The topological polar surface area (TPSA) is 101 Å². The number of hydrogen-bond acceptors (Lipinski definition) is 5. The molecule has 0 aromatic heterocycles. The molecule has 0 aliphatic carbocycles. The van der Waals surface area contributed by atoms with E-state index >= 15 is 0 Å². The van der Waals surface area contributed by atoms with Gasteiger partial charge in [0.05, 0.1) is 10.6 Å². The van der Waals surface area contributed by atoms with Gasteiger partial charge in [0.15, 0.2) is 0 Å². The molecule has 1 aromatic carbocycles. The summed E-state index contributed by atoms with van der Waals surface area (Å²) < 4.78 is 27.1. The molecule has 0 saturated carbocycles. The van der Waals surface area contributed by atoms with E-state index in [1.54, 1.807) is 0 Å². The summed E-state index contributed by atoms with van der Waals surface area (Å²) in [6.07, 6.45) is 0.699. The number of sulfonamides is 1. The lowest BCUT2D eigenvalue weighted by Gasteiger charge is -2.13. The number of nitrogens with one attached hydrogen (secondary N) is 2. The van der Waals surface area contributed by atoms with Gasteiger partial charge in [-0.1, -0.05) is 13.8 Å². The zero-order valence-electron chi connectivity index (χ0n) is 12.4. The Hall–Kier alpha value is -1.67. The maximum Gasteiger partial charge on any atom is 0.270 e. The van der Waals surface area contributed by atoms with E-state index in [0.29, 0.717) is 31.1 Å². The summed E-state index contributed by atoms with van der Waals surface area (Å²) in [4.78, 5) is 10.1. The van der Waals surface area contributed by atoms with Gasteiger partial charge >= 0.3 is 0 Å². The van der Waals surface area contributed by atoms with E-state index in [4.69, 9.17) is 0 Å². The minimum Gasteiger partial charge on any atom is -0.384 e. The van der Waals surface area contributed by atoms with Crippen molar-refractivity contribution in [1.82, 2.24) is 4.72 Å². The first kappa shape index (κ1) is 17.4. The Morgan fingerprint density at radius 3 is 2.52 bits per heavy atom. The maximum atomic E-state index is 12.3. The van der Waals surface area contributed by atoms with Gasteiger partial charge in [-0.25, -0.2) is 13.1 Å². The van der Waals surface area contributed by atoms with Crippen LogP contribution in [0.1, 0.15) is 27.2 Å². The smallest absolute Gasteiger partial charge is 0.270 e. The number of hydrogen-bond donors (Lipinski definition) is 2. The summed E-state index contributed by atoms with van der Waals surface area (Å²) in [6, 6.07) is 3.78. The Morgan fingerprint density at radius 1 is 1.33 bits per heavy atom. The van der Waals surface area contributed by atoms with Gasteiger partial charge in [-0.05, 0) is 25.3 Å². The van der Waals surface area contributed by atoms with Crippen LogP contribution in [-0.4, -0.2) is 26.4 Å². The van der Waals surface area contributed by atoms with Crippen LogP contribution in [0.25, 0.3) is 0 Å². The Kier molecular flexibility index (Phi) is 6.10. The second-order valence-corrected chi connectivity index (χ2v) is 6.78. The lowest BCUT2D eigenvalue weighted by atomic mass is 10.1. The van der Waals surface area contributed by atoms with Crippen molar-refractivity contribution in [2.45, 2.75) is 32.1 Å². The summed E-state index contributed by atoms with van der Waals surface area (Å²) in [5.74, 6) is 0.367. The Labute approximate surface area is 124 Å². The lowest BCUT2D eigenvalue weighted by Crippen LogP contribution is -2.26. The van der Waals surface area contributed by atoms with Gasteiger partial charge in [0, 0.05) is 25.2 Å². The lowest BCUT2D eigenvalue weighted by molar-refractivity contribution is -0.385. The van der Waals surface area contributed by atoms with Crippen LogP contribution in [0.3, 0.4) is 0 Å². The number of non-ortho nitro benzene ring substituents is 1. The molecule has 0 saturated heterocycles. The molecule has 118 valence electrons. The number of benzene rings is 1. The predicted octanol–water partition coefficient (Wildman–Crippen LogP) is 2.35. The largest absolute Gasteiger partial charge is 0.384 e. The minimum atomic E-state index is -3.78. The van der Waals surface area contributed by atoms with Crippen LogP contribution in [0.5, 0.6) is 0 Å². The van der Waals surface area contributed by atoms with Crippen molar-refractivity contribution in [3.63, 3.8) is 0 Å². The quantitative estimate of drug-likeness (QED) is 0.566. The molecule has 0 bridgehead atoms. The molecule has 0 aliphatic heterocycles. The molecular formula is C13H21N3O4S. The van der Waals surface area contributed by atoms with E-state index in [1.807, 2.05) is 20.8 Å². The van der Waals surface area contributed by atoms with Gasteiger partial charge in [-0.15, -0.1) is 0 Å². The van der Waals surface area contributed by atoms with E-state index in [0.717, 1.165) is 6.07 Å². The fraction of sp³-hybridized carbons (Fsp3) is 0.538. The van der Waals surface area contributed by atoms with Gasteiger partial charge in [0.25, 0.3) is 5.69 Å². The number of nitro groups is 1. The van der Waals surface area contributed by atoms with Crippen LogP contribution in [0.15, 0.2) is 23.1 Å². The summed E-state index contributed by atoms with van der Waals surface area (Å²) in [6.45, 7) is 6.63. The van der Waals surface area contributed by atoms with E-state index in [1.165, 1.54) is 12.1 Å². The van der Waals surface area contributed by atoms with Crippen molar-refractivity contribution in [2.75, 3.05) is 18.4 Å². The average molecular weight is 315 g/mol. The summed E-state index contributed by atoms with van der Waals surface area (Å²) in [7, 11) is -3.78. The van der Waals surface area contributed by atoms with Gasteiger partial charge in [-0.2, -0.15) is 0 Å². The third-order valence-corrected chi connectivity index (χ3v) is 4.35. The monoisotopic (exact) mass is 315 g/mol. The highest BCUT2D eigenvalue weighted by Gasteiger charge is 2.21. The molecule has 0 radical (unpaired) electrons. The van der Waals surface area contributed by atoms with Crippen molar-refractivity contribution >= 4 is 21.4 Å². The third kappa shape index (κ3) is 4.98. The molecule has 0 fully saturated rings. The fourth-order valence-corrected chi connectivity index (χ4v) is 2.99. The first-order valence-corrected chi connectivity index (χ1v) is 8.28. The molecule has 0 heterocycles. The molecule has 0 atom stereocenters. The molecule has 1 aromatic rings. The second-order valence-electron chi connectivity index (χ2n) is 5.05. The second kappa shape index (κ2) is 7.37. The van der Waals surface area contributed by atoms with Crippen molar-refractivity contribution < 1.29 is 13.3 Å². The van der Waals surface area contributed by atoms with E-state index in [9.17, 15) is 18.5 Å². The number of anilines is 1. The molecule has 0 unspecified atom stereocenters. The predicted molar refractivity (Wildman–Crippen MR) is 81.9 cm³/mol. The van der Waals surface area contributed by atoms with Crippen molar-refractivity contribution in [3.05, 3.63) is 28.3 Å². The Bertz CT molecular complexity index is 599. The zero-order chi connectivity index (χ0) is 16.0. The molecular weight excluding hydrogens is 294 g/mol. The number of nitro benzene ring substituents is 1. The van der Waals surface area contributed by atoms with E-state index in [2.05, 4.69) is 10.0 Å². The van der Waals surface area contributed by atoms with E-state index < -0.39 is 14.9 Å². The zero-order valence-corrected chi connectivity index (χ0v) is 13.2. The van der Waals surface area contributed by atoms with Crippen LogP contribution in [-0.2, 0) is 10.0 Å². The maximum absolute atomic E-state index is 12.3. The van der Waals surface area contributed by atoms with Gasteiger partial charge < -0.3 is 5.32 Å². The van der Waals surface area contributed by atoms with Gasteiger partial charge in [0.1, 0.15) is 4.90 Å². The standard InChI is InChI=1S/C13H21N3O4S/c1-4-14-12-6-5-11(16(17)18)9-13(12)21(19,20)15-8-7-10(2)3/h5-6,9-10,14-15H,4,7-8H2,1-3H3. The highest BCUT2D eigenvalue weighted by atomic mass is 32.2.